The minimum Gasteiger partial charge on any atom is -0.366 e. The molecule has 2 heterocycles. The lowest BCUT2D eigenvalue weighted by atomic mass is 10.2. The van der Waals surface area contributed by atoms with Crippen molar-refractivity contribution in [3.05, 3.63) is 36.2 Å². The van der Waals surface area contributed by atoms with E-state index in [0.717, 1.165) is 16.8 Å². The predicted molar refractivity (Wildman–Crippen MR) is 55.6 cm³/mol. The van der Waals surface area contributed by atoms with Crippen LogP contribution in [0.3, 0.4) is 0 Å². The summed E-state index contributed by atoms with van der Waals surface area (Å²) in [5.41, 5.74) is 7.55. The first-order valence-electron chi connectivity index (χ1n) is 4.50. The maximum Gasteiger partial charge on any atom is 0.248 e. The van der Waals surface area contributed by atoms with Crippen LogP contribution in [0.25, 0.3) is 16.8 Å². The smallest absolute Gasteiger partial charge is 0.248 e. The second kappa shape index (κ2) is 2.60. The van der Waals surface area contributed by atoms with E-state index in [0.29, 0.717) is 5.56 Å². The first-order valence-corrected chi connectivity index (χ1v) is 4.50. The van der Waals surface area contributed by atoms with Crippen LogP contribution in [0, 0.1) is 0 Å². The molecule has 0 bridgehead atoms. The normalized spacial score (nSPS) is 11.2. The minimum absolute atomic E-state index is 0.425. The number of fused-ring (bicyclic) bond motifs is 3. The highest BCUT2D eigenvalue weighted by atomic mass is 16.1. The van der Waals surface area contributed by atoms with Crippen LogP contribution < -0.4 is 5.73 Å². The Kier molecular flexibility index (Phi) is 1.39. The van der Waals surface area contributed by atoms with Crippen molar-refractivity contribution in [2.75, 3.05) is 0 Å². The van der Waals surface area contributed by atoms with Crippen LogP contribution in [0.5, 0.6) is 0 Å². The maximum atomic E-state index is 11.0. The molecule has 2 aromatic heterocycles. The molecule has 0 saturated heterocycles. The maximum absolute atomic E-state index is 11.0. The second-order valence-corrected chi connectivity index (χ2v) is 3.34. The Bertz CT molecular complexity index is 664. The Balaban J connectivity index is 2.44. The zero-order chi connectivity index (χ0) is 10.4. The van der Waals surface area contributed by atoms with E-state index in [1.54, 1.807) is 18.3 Å². The molecule has 5 heteroatoms. The largest absolute Gasteiger partial charge is 0.366 e. The van der Waals surface area contributed by atoms with Gasteiger partial charge >= 0.3 is 0 Å². The molecule has 3 rings (SSSR count). The SMILES string of the molecule is NC(=O)c1ccc2[nH]c3nccn3c2c1. The number of aromatic amines is 1. The molecular formula is C10H8N4O. The second-order valence-electron chi connectivity index (χ2n) is 3.34. The van der Waals surface area contributed by atoms with Gasteiger partial charge in [0.25, 0.3) is 0 Å². The van der Waals surface area contributed by atoms with E-state index in [2.05, 4.69) is 9.97 Å². The van der Waals surface area contributed by atoms with Crippen LogP contribution in [-0.4, -0.2) is 20.3 Å². The van der Waals surface area contributed by atoms with Crippen LogP contribution in [0.4, 0.5) is 0 Å². The van der Waals surface area contributed by atoms with Gasteiger partial charge in [0.2, 0.25) is 11.7 Å². The minimum atomic E-state index is -0.425. The number of nitrogens with zero attached hydrogens (tertiary/aromatic N) is 2. The molecule has 74 valence electrons. The summed E-state index contributed by atoms with van der Waals surface area (Å²) in [5.74, 6) is 0.331. The number of aromatic nitrogens is 3. The van der Waals surface area contributed by atoms with Gasteiger partial charge in [0, 0.05) is 18.0 Å². The molecule has 0 aliphatic carbocycles. The number of hydrogen-bond donors (Lipinski definition) is 2. The number of benzene rings is 1. The van der Waals surface area contributed by atoms with Gasteiger partial charge in [0.1, 0.15) is 0 Å². The molecule has 0 unspecified atom stereocenters. The Morgan fingerprint density at radius 2 is 2.33 bits per heavy atom. The fourth-order valence-corrected chi connectivity index (χ4v) is 1.70. The number of hydrogen-bond acceptors (Lipinski definition) is 2. The molecule has 1 amide bonds. The number of nitrogens with two attached hydrogens (primary N) is 1. The van der Waals surface area contributed by atoms with Gasteiger partial charge in [-0.05, 0) is 18.2 Å². The monoisotopic (exact) mass is 200 g/mol. The number of amides is 1. The van der Waals surface area contributed by atoms with Crippen LogP contribution in [0.1, 0.15) is 10.4 Å². The zero-order valence-corrected chi connectivity index (χ0v) is 7.77. The van der Waals surface area contributed by atoms with Crippen LogP contribution in [0.15, 0.2) is 30.6 Å². The molecule has 0 spiro atoms. The van der Waals surface area contributed by atoms with Gasteiger partial charge in [-0.2, -0.15) is 0 Å². The molecule has 0 atom stereocenters. The number of rotatable bonds is 1. The van der Waals surface area contributed by atoms with Crippen molar-refractivity contribution in [3.63, 3.8) is 0 Å². The van der Waals surface area contributed by atoms with Crippen LogP contribution >= 0.6 is 0 Å². The van der Waals surface area contributed by atoms with Crippen molar-refractivity contribution in [2.24, 2.45) is 5.73 Å². The predicted octanol–water partition coefficient (Wildman–Crippen LogP) is 0.915. The van der Waals surface area contributed by atoms with E-state index in [1.807, 2.05) is 16.7 Å². The summed E-state index contributed by atoms with van der Waals surface area (Å²) in [6.45, 7) is 0. The van der Waals surface area contributed by atoms with Gasteiger partial charge in [-0.15, -0.1) is 0 Å². The Labute approximate surface area is 84.5 Å². The van der Waals surface area contributed by atoms with E-state index < -0.39 is 5.91 Å². The number of primary amides is 1. The number of H-pyrrole nitrogens is 1. The fraction of sp³-hybridized carbons (Fsp3) is 0. The van der Waals surface area contributed by atoms with E-state index in [9.17, 15) is 4.79 Å². The van der Waals surface area contributed by atoms with Crippen molar-refractivity contribution in [1.29, 1.82) is 0 Å². The Hall–Kier alpha value is -2.30. The van der Waals surface area contributed by atoms with E-state index in [1.165, 1.54) is 0 Å². The van der Waals surface area contributed by atoms with Gasteiger partial charge in [-0.3, -0.25) is 9.20 Å². The molecule has 3 N–H and O–H groups in total. The molecule has 0 fully saturated rings. The van der Waals surface area contributed by atoms with E-state index in [-0.39, 0.29) is 0 Å². The summed E-state index contributed by atoms with van der Waals surface area (Å²) < 4.78 is 1.88. The highest BCUT2D eigenvalue weighted by molar-refractivity contribution is 5.96. The molecule has 3 aromatic rings. The van der Waals surface area contributed by atoms with E-state index >= 15 is 0 Å². The highest BCUT2D eigenvalue weighted by Crippen LogP contribution is 2.16. The summed E-state index contributed by atoms with van der Waals surface area (Å²) in [6.07, 6.45) is 3.53. The average Bonchev–Trinajstić information content (AvgIpc) is 2.75. The van der Waals surface area contributed by atoms with Gasteiger partial charge < -0.3 is 10.7 Å². The molecular weight excluding hydrogens is 192 g/mol. The molecule has 0 aliphatic heterocycles. The molecule has 0 aliphatic rings. The highest BCUT2D eigenvalue weighted by Gasteiger charge is 2.06. The first-order chi connectivity index (χ1) is 7.25. The van der Waals surface area contributed by atoms with Crippen molar-refractivity contribution in [2.45, 2.75) is 0 Å². The molecule has 15 heavy (non-hydrogen) atoms. The lowest BCUT2D eigenvalue weighted by molar-refractivity contribution is 0.100. The summed E-state index contributed by atoms with van der Waals surface area (Å²) in [5, 5.41) is 0. The third-order valence-corrected chi connectivity index (χ3v) is 2.43. The lowest BCUT2D eigenvalue weighted by Crippen LogP contribution is -2.10. The van der Waals surface area contributed by atoms with Crippen molar-refractivity contribution >= 4 is 22.7 Å². The standard InChI is InChI=1S/C10H8N4O/c11-9(15)6-1-2-7-8(5-6)14-4-3-12-10(14)13-7/h1-5H,(H2,11,15)(H,12,13). The Morgan fingerprint density at radius 3 is 3.13 bits per heavy atom. The summed E-state index contributed by atoms with van der Waals surface area (Å²) in [6, 6.07) is 5.27. The molecule has 0 saturated carbocycles. The van der Waals surface area contributed by atoms with Gasteiger partial charge in [0.15, 0.2) is 0 Å². The molecule has 1 aromatic carbocycles. The van der Waals surface area contributed by atoms with Crippen molar-refractivity contribution in [1.82, 2.24) is 14.4 Å². The first kappa shape index (κ1) is 8.05. The summed E-state index contributed by atoms with van der Waals surface area (Å²) in [4.78, 5) is 18.3. The average molecular weight is 200 g/mol. The third kappa shape index (κ3) is 1.03. The lowest BCUT2D eigenvalue weighted by Gasteiger charge is -1.95. The van der Waals surface area contributed by atoms with Crippen LogP contribution in [0.2, 0.25) is 0 Å². The van der Waals surface area contributed by atoms with Gasteiger partial charge in [0.05, 0.1) is 11.0 Å². The number of carbonyl (C=O) groups is 1. The number of nitrogens with one attached hydrogen (secondary N) is 1. The summed E-state index contributed by atoms with van der Waals surface area (Å²) >= 11 is 0. The van der Waals surface area contributed by atoms with Gasteiger partial charge in [-0.25, -0.2) is 4.98 Å². The number of imidazole rings is 2. The summed E-state index contributed by atoms with van der Waals surface area (Å²) in [7, 11) is 0. The molecule has 5 nitrogen and oxygen atoms in total. The fourth-order valence-electron chi connectivity index (χ4n) is 1.70. The van der Waals surface area contributed by atoms with Crippen molar-refractivity contribution < 1.29 is 4.79 Å². The topological polar surface area (TPSA) is 76.2 Å². The zero-order valence-electron chi connectivity index (χ0n) is 7.77. The quantitative estimate of drug-likeness (QED) is 0.612. The number of carbonyl (C=O) groups excluding carboxylic acids is 1. The molecule has 0 radical (unpaired) electrons. The van der Waals surface area contributed by atoms with E-state index in [4.69, 9.17) is 5.73 Å². The van der Waals surface area contributed by atoms with Crippen molar-refractivity contribution in [3.8, 4) is 0 Å². The van der Waals surface area contributed by atoms with Crippen LogP contribution in [-0.2, 0) is 0 Å². The Morgan fingerprint density at radius 1 is 1.47 bits per heavy atom. The third-order valence-electron chi connectivity index (χ3n) is 2.43. The van der Waals surface area contributed by atoms with Gasteiger partial charge in [-0.1, -0.05) is 0 Å².